The SMILES string of the molecule is CNCC1=CCc2cccc(C)c21. The Balaban J connectivity index is 2.42. The van der Waals surface area contributed by atoms with Crippen LogP contribution in [0.1, 0.15) is 16.7 Å². The van der Waals surface area contributed by atoms with Gasteiger partial charge in [0.25, 0.3) is 0 Å². The van der Waals surface area contributed by atoms with E-state index in [9.17, 15) is 0 Å². The molecule has 1 heteroatoms. The first-order chi connectivity index (χ1) is 6.33. The van der Waals surface area contributed by atoms with Gasteiger partial charge in [-0.05, 0) is 42.7 Å². The summed E-state index contributed by atoms with van der Waals surface area (Å²) in [5.41, 5.74) is 5.80. The minimum absolute atomic E-state index is 0.984. The Bertz CT molecular complexity index is 350. The van der Waals surface area contributed by atoms with Gasteiger partial charge in [0.1, 0.15) is 0 Å². The van der Waals surface area contributed by atoms with E-state index in [4.69, 9.17) is 0 Å². The summed E-state index contributed by atoms with van der Waals surface area (Å²) in [4.78, 5) is 0. The quantitative estimate of drug-likeness (QED) is 0.722. The van der Waals surface area contributed by atoms with E-state index in [-0.39, 0.29) is 0 Å². The molecule has 1 aliphatic rings. The standard InChI is InChI=1S/C12H15N/c1-9-4-3-5-10-6-7-11(8-13-2)12(9)10/h3-5,7,13H,6,8H2,1-2H3. The minimum Gasteiger partial charge on any atom is -0.316 e. The molecule has 0 radical (unpaired) electrons. The number of hydrogen-bond acceptors (Lipinski definition) is 1. The lowest BCUT2D eigenvalue weighted by atomic mass is 10.00. The van der Waals surface area contributed by atoms with Gasteiger partial charge in [0.05, 0.1) is 0 Å². The highest BCUT2D eigenvalue weighted by Crippen LogP contribution is 2.29. The number of fused-ring (bicyclic) bond motifs is 1. The third-order valence-corrected chi connectivity index (χ3v) is 2.62. The van der Waals surface area contributed by atoms with Crippen LogP contribution in [0.25, 0.3) is 5.57 Å². The molecular weight excluding hydrogens is 158 g/mol. The fourth-order valence-electron chi connectivity index (χ4n) is 2.04. The monoisotopic (exact) mass is 173 g/mol. The Morgan fingerprint density at radius 3 is 3.00 bits per heavy atom. The van der Waals surface area contributed by atoms with Crippen LogP contribution in [0.3, 0.4) is 0 Å². The molecule has 0 atom stereocenters. The zero-order valence-electron chi connectivity index (χ0n) is 8.22. The van der Waals surface area contributed by atoms with Crippen LogP contribution >= 0.6 is 0 Å². The topological polar surface area (TPSA) is 12.0 Å². The van der Waals surface area contributed by atoms with Crippen molar-refractivity contribution in [2.24, 2.45) is 0 Å². The van der Waals surface area contributed by atoms with Crippen molar-refractivity contribution in [3.63, 3.8) is 0 Å². The molecule has 0 saturated carbocycles. The summed E-state index contributed by atoms with van der Waals surface area (Å²) < 4.78 is 0. The summed E-state index contributed by atoms with van der Waals surface area (Å²) in [6, 6.07) is 6.56. The van der Waals surface area contributed by atoms with Crippen molar-refractivity contribution < 1.29 is 0 Å². The third kappa shape index (κ3) is 1.40. The predicted octanol–water partition coefficient (Wildman–Crippen LogP) is 2.15. The zero-order valence-corrected chi connectivity index (χ0v) is 8.22. The van der Waals surface area contributed by atoms with Crippen LogP contribution in [-0.2, 0) is 6.42 Å². The summed E-state index contributed by atoms with van der Waals surface area (Å²) in [7, 11) is 2.00. The van der Waals surface area contributed by atoms with Gasteiger partial charge >= 0.3 is 0 Å². The van der Waals surface area contributed by atoms with Crippen LogP contribution in [0.4, 0.5) is 0 Å². The van der Waals surface area contributed by atoms with Crippen molar-refractivity contribution in [3.8, 4) is 0 Å². The van der Waals surface area contributed by atoms with Gasteiger partial charge in [0, 0.05) is 6.54 Å². The predicted molar refractivity (Wildman–Crippen MR) is 56.8 cm³/mol. The molecule has 0 unspecified atom stereocenters. The lowest BCUT2D eigenvalue weighted by Gasteiger charge is -2.08. The maximum Gasteiger partial charge on any atom is 0.0205 e. The van der Waals surface area contributed by atoms with Crippen LogP contribution in [0.15, 0.2) is 24.3 Å². The van der Waals surface area contributed by atoms with E-state index in [1.54, 1.807) is 0 Å². The molecule has 0 aromatic heterocycles. The highest BCUT2D eigenvalue weighted by molar-refractivity contribution is 5.76. The molecule has 1 N–H and O–H groups in total. The van der Waals surface area contributed by atoms with Gasteiger partial charge in [-0.25, -0.2) is 0 Å². The second-order valence-electron chi connectivity index (χ2n) is 3.57. The van der Waals surface area contributed by atoms with Crippen molar-refractivity contribution in [1.29, 1.82) is 0 Å². The molecule has 0 bridgehead atoms. The second kappa shape index (κ2) is 3.35. The fraction of sp³-hybridized carbons (Fsp3) is 0.333. The van der Waals surface area contributed by atoms with Crippen molar-refractivity contribution in [2.75, 3.05) is 13.6 Å². The van der Waals surface area contributed by atoms with E-state index in [1.165, 1.54) is 22.3 Å². The molecule has 68 valence electrons. The first kappa shape index (κ1) is 8.52. The summed E-state index contributed by atoms with van der Waals surface area (Å²) in [6.45, 7) is 3.17. The number of likely N-dealkylation sites (N-methyl/N-ethyl adjacent to an activating group) is 1. The van der Waals surface area contributed by atoms with Gasteiger partial charge in [-0.1, -0.05) is 24.3 Å². The zero-order chi connectivity index (χ0) is 9.26. The molecule has 0 amide bonds. The normalized spacial score (nSPS) is 14.2. The lowest BCUT2D eigenvalue weighted by Crippen LogP contribution is -2.09. The van der Waals surface area contributed by atoms with Crippen LogP contribution < -0.4 is 5.32 Å². The molecule has 1 aromatic carbocycles. The van der Waals surface area contributed by atoms with Gasteiger partial charge < -0.3 is 5.32 Å². The van der Waals surface area contributed by atoms with Crippen molar-refractivity contribution in [2.45, 2.75) is 13.3 Å². The molecule has 0 spiro atoms. The number of hydrogen-bond donors (Lipinski definition) is 1. The Hall–Kier alpha value is -1.08. The number of rotatable bonds is 2. The Morgan fingerprint density at radius 1 is 1.38 bits per heavy atom. The highest BCUT2D eigenvalue weighted by atomic mass is 14.8. The molecule has 0 heterocycles. The average Bonchev–Trinajstić information content (AvgIpc) is 2.51. The minimum atomic E-state index is 0.984. The van der Waals surface area contributed by atoms with Crippen LogP contribution in [0.5, 0.6) is 0 Å². The van der Waals surface area contributed by atoms with Gasteiger partial charge in [-0.2, -0.15) is 0 Å². The van der Waals surface area contributed by atoms with Gasteiger partial charge in [-0.3, -0.25) is 0 Å². The third-order valence-electron chi connectivity index (χ3n) is 2.62. The molecule has 0 fully saturated rings. The van der Waals surface area contributed by atoms with Crippen molar-refractivity contribution in [1.82, 2.24) is 5.32 Å². The Kier molecular flexibility index (Phi) is 2.19. The van der Waals surface area contributed by atoms with E-state index in [1.807, 2.05) is 7.05 Å². The molecule has 0 aliphatic heterocycles. The summed E-state index contributed by atoms with van der Waals surface area (Å²) in [5, 5.41) is 3.21. The van der Waals surface area contributed by atoms with Crippen molar-refractivity contribution in [3.05, 3.63) is 41.0 Å². The molecule has 1 nitrogen and oxygen atoms in total. The lowest BCUT2D eigenvalue weighted by molar-refractivity contribution is 0.931. The first-order valence-electron chi connectivity index (χ1n) is 4.75. The van der Waals surface area contributed by atoms with Gasteiger partial charge in [0.2, 0.25) is 0 Å². The molecule has 13 heavy (non-hydrogen) atoms. The second-order valence-corrected chi connectivity index (χ2v) is 3.57. The van der Waals surface area contributed by atoms with E-state index >= 15 is 0 Å². The Labute approximate surface area is 79.5 Å². The fourth-order valence-corrected chi connectivity index (χ4v) is 2.04. The van der Waals surface area contributed by atoms with Crippen LogP contribution in [0, 0.1) is 6.92 Å². The van der Waals surface area contributed by atoms with Crippen LogP contribution in [0.2, 0.25) is 0 Å². The number of allylic oxidation sites excluding steroid dienone is 1. The van der Waals surface area contributed by atoms with Crippen LogP contribution in [-0.4, -0.2) is 13.6 Å². The van der Waals surface area contributed by atoms with E-state index in [0.717, 1.165) is 13.0 Å². The highest BCUT2D eigenvalue weighted by Gasteiger charge is 2.14. The smallest absolute Gasteiger partial charge is 0.0205 e. The number of aryl methyl sites for hydroxylation is 1. The molecule has 1 aromatic rings. The summed E-state index contributed by atoms with van der Waals surface area (Å²) >= 11 is 0. The maximum absolute atomic E-state index is 3.21. The largest absolute Gasteiger partial charge is 0.316 e. The number of nitrogens with one attached hydrogen (secondary N) is 1. The summed E-state index contributed by atoms with van der Waals surface area (Å²) in [5.74, 6) is 0. The molecular formula is C12H15N. The van der Waals surface area contributed by atoms with Gasteiger partial charge in [-0.15, -0.1) is 0 Å². The summed E-state index contributed by atoms with van der Waals surface area (Å²) in [6.07, 6.45) is 3.43. The van der Waals surface area contributed by atoms with E-state index < -0.39 is 0 Å². The van der Waals surface area contributed by atoms with E-state index in [0.29, 0.717) is 0 Å². The Morgan fingerprint density at radius 2 is 2.23 bits per heavy atom. The van der Waals surface area contributed by atoms with E-state index in [2.05, 4.69) is 36.5 Å². The average molecular weight is 173 g/mol. The van der Waals surface area contributed by atoms with Gasteiger partial charge in [0.15, 0.2) is 0 Å². The molecule has 2 rings (SSSR count). The first-order valence-corrected chi connectivity index (χ1v) is 4.75. The molecule has 0 saturated heterocycles. The maximum atomic E-state index is 3.21. The number of benzene rings is 1. The molecule has 1 aliphatic carbocycles. The van der Waals surface area contributed by atoms with Crippen molar-refractivity contribution >= 4 is 5.57 Å².